The second kappa shape index (κ2) is 2.31. The summed E-state index contributed by atoms with van der Waals surface area (Å²) in [6, 6.07) is 0. The Hall–Kier alpha value is -0.0500. The smallest absolute Gasteiger partial charge is 0.0161 e. The van der Waals surface area contributed by atoms with E-state index in [1.54, 1.807) is 0 Å². The summed E-state index contributed by atoms with van der Waals surface area (Å²) in [6.07, 6.45) is 8.22. The summed E-state index contributed by atoms with van der Waals surface area (Å²) in [5.41, 5.74) is 1.29. The first kappa shape index (κ1) is 5.09. The van der Waals surface area contributed by atoms with Crippen LogP contribution in [0.5, 0.6) is 0 Å². The molecule has 1 aliphatic rings. The van der Waals surface area contributed by atoms with Gasteiger partial charge in [0.15, 0.2) is 0 Å². The lowest BCUT2D eigenvalue weighted by molar-refractivity contribution is 1.85. The highest BCUT2D eigenvalue weighted by Crippen LogP contribution is 2.08. The molecule has 7 heavy (non-hydrogen) atoms. The van der Waals surface area contributed by atoms with Crippen LogP contribution in [0.1, 0.15) is 0 Å². The molecule has 0 spiro atoms. The zero-order valence-corrected chi connectivity index (χ0v) is 5.92. The molecule has 0 aromatic rings. The molecule has 0 aliphatic heterocycles. The maximum absolute atomic E-state index is 2.22. The van der Waals surface area contributed by atoms with Gasteiger partial charge in [0.2, 0.25) is 0 Å². The van der Waals surface area contributed by atoms with Gasteiger partial charge in [0.25, 0.3) is 0 Å². The summed E-state index contributed by atoms with van der Waals surface area (Å²) >= 11 is 2.22. The molecule has 0 saturated heterocycles. The lowest BCUT2D eigenvalue weighted by Crippen LogP contribution is -1.55. The molecule has 0 fully saturated rings. The fourth-order valence-corrected chi connectivity index (χ4v) is 0.877. The van der Waals surface area contributed by atoms with Crippen LogP contribution >= 0.6 is 22.6 Å². The number of allylic oxidation sites excluding steroid dienone is 5. The van der Waals surface area contributed by atoms with Crippen LogP contribution in [0.4, 0.5) is 0 Å². The Morgan fingerprint density at radius 2 is 1.86 bits per heavy atom. The molecule has 0 aromatic carbocycles. The van der Waals surface area contributed by atoms with Crippen molar-refractivity contribution in [1.82, 2.24) is 0 Å². The molecule has 1 aliphatic carbocycles. The van der Waals surface area contributed by atoms with Crippen LogP contribution in [-0.2, 0) is 0 Å². The Morgan fingerprint density at radius 1 is 1.29 bits per heavy atom. The van der Waals surface area contributed by atoms with E-state index < -0.39 is 0 Å². The number of rotatable bonds is 0. The molecule has 1 rings (SSSR count). The first-order chi connectivity index (χ1) is 3.43. The molecular formula is C6H5I. The Morgan fingerprint density at radius 3 is 2.14 bits per heavy atom. The summed E-state index contributed by atoms with van der Waals surface area (Å²) in [5, 5.41) is 0. The SMILES string of the molecule is IC=C1C=CC=C1. The van der Waals surface area contributed by atoms with E-state index in [-0.39, 0.29) is 0 Å². The standard InChI is InChI=1S/C6H5I/c7-5-6-3-1-2-4-6/h1-5H. The fraction of sp³-hybridized carbons (Fsp3) is 0. The van der Waals surface area contributed by atoms with Gasteiger partial charge >= 0.3 is 0 Å². The van der Waals surface area contributed by atoms with Crippen LogP contribution in [0, 0.1) is 0 Å². The van der Waals surface area contributed by atoms with Crippen LogP contribution in [0.15, 0.2) is 34.0 Å². The van der Waals surface area contributed by atoms with Gasteiger partial charge in [-0.05, 0) is 9.66 Å². The van der Waals surface area contributed by atoms with Crippen molar-refractivity contribution in [3.8, 4) is 0 Å². The van der Waals surface area contributed by atoms with Gasteiger partial charge in [0.1, 0.15) is 0 Å². The molecule has 0 aromatic heterocycles. The fourth-order valence-electron chi connectivity index (χ4n) is 0.462. The molecule has 0 radical (unpaired) electrons. The molecular weight excluding hydrogens is 199 g/mol. The van der Waals surface area contributed by atoms with Gasteiger partial charge in [0.05, 0.1) is 0 Å². The topological polar surface area (TPSA) is 0 Å². The van der Waals surface area contributed by atoms with Gasteiger partial charge < -0.3 is 0 Å². The van der Waals surface area contributed by atoms with Crippen molar-refractivity contribution in [2.45, 2.75) is 0 Å². The predicted octanol–water partition coefficient (Wildman–Crippen LogP) is 2.43. The zero-order chi connectivity index (χ0) is 5.11. The van der Waals surface area contributed by atoms with Gasteiger partial charge in [-0.25, -0.2) is 0 Å². The van der Waals surface area contributed by atoms with Crippen molar-refractivity contribution in [2.75, 3.05) is 0 Å². The molecule has 0 heterocycles. The minimum atomic E-state index is 1.29. The Kier molecular flexibility index (Phi) is 1.68. The normalized spacial score (nSPS) is 15.9. The average Bonchev–Trinajstić information content (AvgIpc) is 2.14. The highest BCUT2D eigenvalue weighted by atomic mass is 127. The van der Waals surface area contributed by atoms with E-state index in [0.717, 1.165) is 0 Å². The van der Waals surface area contributed by atoms with Crippen molar-refractivity contribution >= 4 is 22.6 Å². The molecule has 36 valence electrons. The van der Waals surface area contributed by atoms with Crippen LogP contribution in [0.2, 0.25) is 0 Å². The van der Waals surface area contributed by atoms with E-state index in [0.29, 0.717) is 0 Å². The summed E-state index contributed by atoms with van der Waals surface area (Å²) < 4.78 is 2.05. The molecule has 0 unspecified atom stereocenters. The maximum atomic E-state index is 2.22. The van der Waals surface area contributed by atoms with Gasteiger partial charge in [-0.1, -0.05) is 46.9 Å². The van der Waals surface area contributed by atoms with Crippen LogP contribution in [0.3, 0.4) is 0 Å². The third-order valence-corrected chi connectivity index (χ3v) is 1.53. The number of halogens is 1. The minimum Gasteiger partial charge on any atom is -0.0616 e. The largest absolute Gasteiger partial charge is 0.0616 e. The van der Waals surface area contributed by atoms with E-state index in [1.807, 2.05) is 12.2 Å². The Bertz CT molecular complexity index is 126. The first-order valence-electron chi connectivity index (χ1n) is 2.08. The van der Waals surface area contributed by atoms with E-state index in [1.165, 1.54) is 5.57 Å². The summed E-state index contributed by atoms with van der Waals surface area (Å²) in [4.78, 5) is 0. The molecule has 0 amide bonds. The van der Waals surface area contributed by atoms with E-state index >= 15 is 0 Å². The van der Waals surface area contributed by atoms with Crippen molar-refractivity contribution in [1.29, 1.82) is 0 Å². The van der Waals surface area contributed by atoms with Crippen molar-refractivity contribution < 1.29 is 0 Å². The summed E-state index contributed by atoms with van der Waals surface area (Å²) in [5.74, 6) is 0. The quantitative estimate of drug-likeness (QED) is 0.531. The van der Waals surface area contributed by atoms with Crippen molar-refractivity contribution in [2.24, 2.45) is 0 Å². The lowest BCUT2D eigenvalue weighted by atomic mass is 10.4. The number of hydrogen-bond donors (Lipinski definition) is 0. The highest BCUT2D eigenvalue weighted by molar-refractivity contribution is 14.1. The molecule has 1 heteroatoms. The Balaban J connectivity index is 2.79. The van der Waals surface area contributed by atoms with Crippen LogP contribution < -0.4 is 0 Å². The van der Waals surface area contributed by atoms with Gasteiger partial charge in [0, 0.05) is 0 Å². The third-order valence-electron chi connectivity index (χ3n) is 0.814. The predicted molar refractivity (Wildman–Crippen MR) is 40.4 cm³/mol. The molecule has 0 atom stereocenters. The van der Waals surface area contributed by atoms with E-state index in [9.17, 15) is 0 Å². The van der Waals surface area contributed by atoms with E-state index in [2.05, 4.69) is 38.8 Å². The second-order valence-electron chi connectivity index (χ2n) is 1.33. The summed E-state index contributed by atoms with van der Waals surface area (Å²) in [6.45, 7) is 0. The monoisotopic (exact) mass is 204 g/mol. The third kappa shape index (κ3) is 1.16. The lowest BCUT2D eigenvalue weighted by Gasteiger charge is -1.76. The molecule has 0 saturated carbocycles. The first-order valence-corrected chi connectivity index (χ1v) is 3.33. The van der Waals surface area contributed by atoms with Gasteiger partial charge in [-0.15, -0.1) is 0 Å². The molecule has 0 nitrogen and oxygen atoms in total. The Labute approximate surface area is 56.8 Å². The average molecular weight is 204 g/mol. The summed E-state index contributed by atoms with van der Waals surface area (Å²) in [7, 11) is 0. The van der Waals surface area contributed by atoms with Gasteiger partial charge in [-0.3, -0.25) is 0 Å². The van der Waals surface area contributed by atoms with E-state index in [4.69, 9.17) is 0 Å². The van der Waals surface area contributed by atoms with Crippen molar-refractivity contribution in [3.05, 3.63) is 34.0 Å². The van der Waals surface area contributed by atoms with Crippen molar-refractivity contribution in [3.63, 3.8) is 0 Å². The maximum Gasteiger partial charge on any atom is -0.0161 e. The molecule has 0 N–H and O–H groups in total. The second-order valence-corrected chi connectivity index (χ2v) is 1.95. The van der Waals surface area contributed by atoms with Crippen LogP contribution in [-0.4, -0.2) is 0 Å². The number of hydrogen-bond acceptors (Lipinski definition) is 0. The van der Waals surface area contributed by atoms with Gasteiger partial charge in [-0.2, -0.15) is 0 Å². The highest BCUT2D eigenvalue weighted by Gasteiger charge is 1.85. The minimum absolute atomic E-state index is 1.29. The zero-order valence-electron chi connectivity index (χ0n) is 3.76. The van der Waals surface area contributed by atoms with Crippen LogP contribution in [0.25, 0.3) is 0 Å². The molecule has 0 bridgehead atoms.